The monoisotopic (exact) mass is 521 g/mol. The number of aromatic nitrogens is 1. The lowest BCUT2D eigenvalue weighted by Gasteiger charge is -2.39. The number of sulfonamides is 1. The van der Waals surface area contributed by atoms with E-state index in [0.29, 0.717) is 26.3 Å². The van der Waals surface area contributed by atoms with Gasteiger partial charge in [0.15, 0.2) is 0 Å². The molecule has 1 unspecified atom stereocenters. The first-order valence-electron chi connectivity index (χ1n) is 10.3. The van der Waals surface area contributed by atoms with Crippen LogP contribution in [0.15, 0.2) is 30.9 Å². The number of amides is 1. The third kappa shape index (κ3) is 5.43. The first-order valence-corrected chi connectivity index (χ1v) is 13.1. The van der Waals surface area contributed by atoms with E-state index in [1.807, 2.05) is 0 Å². The maximum Gasteiger partial charge on any atom is 0.340 e. The molecule has 0 aromatic carbocycles. The van der Waals surface area contributed by atoms with Crippen LogP contribution in [0, 0.1) is 25.2 Å². The van der Waals surface area contributed by atoms with Gasteiger partial charge in [-0.2, -0.15) is 0 Å². The molecule has 34 heavy (non-hydrogen) atoms. The number of thiophene rings is 1. The van der Waals surface area contributed by atoms with E-state index in [-0.39, 0.29) is 24.8 Å². The van der Waals surface area contributed by atoms with Crippen molar-refractivity contribution in [2.75, 3.05) is 18.0 Å². The Morgan fingerprint density at radius 1 is 1.41 bits per heavy atom. The number of terminal acetylenes is 1. The molecule has 180 valence electrons. The zero-order valence-corrected chi connectivity index (χ0v) is 21.3. The predicted octanol–water partition coefficient (Wildman–Crippen LogP) is 3.46. The van der Waals surface area contributed by atoms with E-state index in [1.165, 1.54) is 6.08 Å². The molecule has 0 aliphatic carbocycles. The summed E-state index contributed by atoms with van der Waals surface area (Å²) >= 11 is 7.02. The number of pyridine rings is 1. The lowest BCUT2D eigenvalue weighted by atomic mass is 9.98. The van der Waals surface area contributed by atoms with Gasteiger partial charge in [-0.25, -0.2) is 18.2 Å². The van der Waals surface area contributed by atoms with Crippen LogP contribution in [0.4, 0.5) is 5.82 Å². The topological polar surface area (TPSA) is 106 Å². The summed E-state index contributed by atoms with van der Waals surface area (Å²) in [4.78, 5) is 31.6. The number of hydrogen-bond donors (Lipinski definition) is 1. The van der Waals surface area contributed by atoms with Gasteiger partial charge in [0, 0.05) is 18.0 Å². The molecular weight excluding hydrogens is 498 g/mol. The number of carbonyl (C=O) groups is 2. The number of halogens is 1. The van der Waals surface area contributed by atoms with Crippen molar-refractivity contribution in [3.05, 3.63) is 56.9 Å². The molecule has 0 spiro atoms. The molecule has 2 aromatic heterocycles. The van der Waals surface area contributed by atoms with Crippen molar-refractivity contribution in [1.82, 2.24) is 9.71 Å². The highest BCUT2D eigenvalue weighted by Gasteiger charge is 2.38. The van der Waals surface area contributed by atoms with E-state index in [2.05, 4.69) is 22.2 Å². The van der Waals surface area contributed by atoms with Crippen molar-refractivity contribution in [3.8, 4) is 12.3 Å². The van der Waals surface area contributed by atoms with Gasteiger partial charge in [0.25, 0.3) is 0 Å². The van der Waals surface area contributed by atoms with Gasteiger partial charge in [0.05, 0.1) is 33.2 Å². The van der Waals surface area contributed by atoms with Crippen LogP contribution in [-0.4, -0.2) is 44.5 Å². The number of nitrogens with zero attached hydrogens (tertiary/aromatic N) is 2. The quantitative estimate of drug-likeness (QED) is 0.322. The molecule has 1 N–H and O–H groups in total. The standard InChI is InChI=1S/C23H24ClN3O5S2/c1-6-15-10-17(23(29)32-13(3)4)14(5)25-21(15)27-11-16(12-27)22(28)26-34(30,31)19(7-2)18-8-9-20(24)33-18/h1,7-10,13,16,19H,2,11-12H2,3-5H3,(H,26,28). The zero-order valence-electron chi connectivity index (χ0n) is 18.9. The summed E-state index contributed by atoms with van der Waals surface area (Å²) in [5, 5.41) is -1.10. The van der Waals surface area contributed by atoms with Crippen molar-refractivity contribution < 1.29 is 22.7 Å². The van der Waals surface area contributed by atoms with Crippen LogP contribution in [0.25, 0.3) is 0 Å². The van der Waals surface area contributed by atoms with E-state index in [0.717, 1.165) is 11.3 Å². The molecule has 3 rings (SSSR count). The summed E-state index contributed by atoms with van der Waals surface area (Å²) in [5.74, 6) is 1.25. The van der Waals surface area contributed by atoms with E-state index in [4.69, 9.17) is 22.8 Å². The third-order valence-corrected chi connectivity index (χ3v) is 8.19. The molecule has 1 aliphatic heterocycles. The smallest absolute Gasteiger partial charge is 0.340 e. The van der Waals surface area contributed by atoms with E-state index in [1.54, 1.807) is 43.9 Å². The van der Waals surface area contributed by atoms with Crippen LogP contribution in [0.5, 0.6) is 0 Å². The summed E-state index contributed by atoms with van der Waals surface area (Å²) in [5.41, 5.74) is 1.10. The highest BCUT2D eigenvalue weighted by molar-refractivity contribution is 7.90. The fourth-order valence-electron chi connectivity index (χ4n) is 3.41. The van der Waals surface area contributed by atoms with Crippen LogP contribution in [0.1, 0.15) is 45.6 Å². The van der Waals surface area contributed by atoms with Crippen LogP contribution < -0.4 is 9.62 Å². The number of anilines is 1. The Hall–Kier alpha value is -2.87. The molecule has 0 radical (unpaired) electrons. The van der Waals surface area contributed by atoms with E-state index in [9.17, 15) is 18.0 Å². The largest absolute Gasteiger partial charge is 0.459 e. The van der Waals surface area contributed by atoms with Crippen LogP contribution in [0.3, 0.4) is 0 Å². The lowest BCUT2D eigenvalue weighted by molar-refractivity contribution is -0.123. The molecule has 1 amide bonds. The molecule has 11 heteroatoms. The zero-order chi connectivity index (χ0) is 25.2. The second-order valence-corrected chi connectivity index (χ2v) is 11.6. The van der Waals surface area contributed by atoms with Gasteiger partial charge < -0.3 is 9.64 Å². The Kier molecular flexibility index (Phi) is 7.70. The van der Waals surface area contributed by atoms with Crippen LogP contribution in [0.2, 0.25) is 4.34 Å². The number of aryl methyl sites for hydroxylation is 1. The second kappa shape index (κ2) is 10.2. The van der Waals surface area contributed by atoms with Crippen molar-refractivity contribution in [2.45, 2.75) is 32.1 Å². The second-order valence-electron chi connectivity index (χ2n) is 8.00. The van der Waals surface area contributed by atoms with Crippen molar-refractivity contribution in [1.29, 1.82) is 0 Å². The summed E-state index contributed by atoms with van der Waals surface area (Å²) in [6, 6.07) is 4.72. The summed E-state index contributed by atoms with van der Waals surface area (Å²) in [7, 11) is -4.04. The predicted molar refractivity (Wildman–Crippen MR) is 132 cm³/mol. The first-order chi connectivity index (χ1) is 16.0. The maximum atomic E-state index is 12.8. The molecule has 0 saturated carbocycles. The molecule has 1 fully saturated rings. The minimum Gasteiger partial charge on any atom is -0.459 e. The lowest BCUT2D eigenvalue weighted by Crippen LogP contribution is -2.55. The number of rotatable bonds is 8. The molecule has 1 aliphatic rings. The van der Waals surface area contributed by atoms with Gasteiger partial charge in [-0.1, -0.05) is 23.6 Å². The van der Waals surface area contributed by atoms with E-state index < -0.39 is 33.1 Å². The Morgan fingerprint density at radius 2 is 2.09 bits per heavy atom. The fraction of sp³-hybridized carbons (Fsp3) is 0.348. The average molecular weight is 522 g/mol. The van der Waals surface area contributed by atoms with Gasteiger partial charge in [-0.3, -0.25) is 9.52 Å². The summed E-state index contributed by atoms with van der Waals surface area (Å²) in [6.07, 6.45) is 6.59. The van der Waals surface area contributed by atoms with Gasteiger partial charge in [0.1, 0.15) is 11.1 Å². The fourth-order valence-corrected chi connectivity index (χ4v) is 6.18. The molecule has 1 saturated heterocycles. The Morgan fingerprint density at radius 3 is 2.62 bits per heavy atom. The summed E-state index contributed by atoms with van der Waals surface area (Å²) in [6.45, 7) is 9.19. The average Bonchev–Trinajstić information content (AvgIpc) is 3.11. The van der Waals surface area contributed by atoms with Gasteiger partial charge in [-0.05, 0) is 39.0 Å². The van der Waals surface area contributed by atoms with Crippen molar-refractivity contribution >= 4 is 50.7 Å². The highest BCUT2D eigenvalue weighted by Crippen LogP contribution is 2.33. The van der Waals surface area contributed by atoms with Gasteiger partial charge >= 0.3 is 5.97 Å². The van der Waals surface area contributed by atoms with Gasteiger partial charge in [0.2, 0.25) is 15.9 Å². The third-order valence-electron chi connectivity index (χ3n) is 5.13. The minimum absolute atomic E-state index is 0.224. The van der Waals surface area contributed by atoms with E-state index >= 15 is 0 Å². The first kappa shape index (κ1) is 25.7. The number of esters is 1. The minimum atomic E-state index is -4.04. The van der Waals surface area contributed by atoms with Crippen LogP contribution in [-0.2, 0) is 19.6 Å². The molecule has 0 bridgehead atoms. The SMILES string of the molecule is C#Cc1cc(C(=O)OC(C)C)c(C)nc1N1CC(C(=O)NS(=O)(=O)C(C=C)c2ccc(Cl)s2)C1. The maximum absolute atomic E-state index is 12.8. The molecule has 3 heterocycles. The number of ether oxygens (including phenoxy) is 1. The number of carbonyl (C=O) groups excluding carboxylic acids is 2. The molecule has 2 aromatic rings. The normalized spacial score (nSPS) is 14.8. The molecular formula is C23H24ClN3O5S2. The number of hydrogen-bond acceptors (Lipinski definition) is 8. The Balaban J connectivity index is 1.70. The van der Waals surface area contributed by atoms with Crippen LogP contribution >= 0.6 is 22.9 Å². The Labute approximate surface area is 208 Å². The number of nitrogens with one attached hydrogen (secondary N) is 1. The molecule has 1 atom stereocenters. The van der Waals surface area contributed by atoms with Crippen molar-refractivity contribution in [3.63, 3.8) is 0 Å². The Bertz CT molecular complexity index is 1270. The van der Waals surface area contributed by atoms with Gasteiger partial charge in [-0.15, -0.1) is 24.3 Å². The molecule has 8 nitrogen and oxygen atoms in total. The van der Waals surface area contributed by atoms with Crippen molar-refractivity contribution in [2.24, 2.45) is 5.92 Å². The summed E-state index contributed by atoms with van der Waals surface area (Å²) < 4.78 is 33.3. The highest BCUT2D eigenvalue weighted by atomic mass is 35.5.